The Labute approximate surface area is 124 Å². The molecule has 1 amide bonds. The van der Waals surface area contributed by atoms with Crippen LogP contribution in [0.25, 0.3) is 0 Å². The summed E-state index contributed by atoms with van der Waals surface area (Å²) in [6.07, 6.45) is -1.20. The molecule has 2 rings (SSSR count). The fraction of sp³-hybridized carbons (Fsp3) is 0.786. The van der Waals surface area contributed by atoms with Crippen LogP contribution in [0.3, 0.4) is 0 Å². The molecule has 0 aliphatic carbocycles. The van der Waals surface area contributed by atoms with E-state index in [0.29, 0.717) is 0 Å². The standard InChI is InChI=1S/C14H23NO6/c1-5-6-18-13-10(15-8(2)16)11(17)12-9(20-13)7-19-14(3,4)21-12/h5,9-13,17H,1,6-7H2,2-4H3,(H,15,16)/t9-,10-,11-,12+,13+/m1/s1. The average molecular weight is 301 g/mol. The average Bonchev–Trinajstić information content (AvgIpc) is 2.40. The van der Waals surface area contributed by atoms with E-state index in [0.717, 1.165) is 0 Å². The monoisotopic (exact) mass is 301 g/mol. The number of carbonyl (C=O) groups excluding carboxylic acids is 1. The zero-order valence-electron chi connectivity index (χ0n) is 12.6. The van der Waals surface area contributed by atoms with Gasteiger partial charge in [-0.15, -0.1) is 6.58 Å². The van der Waals surface area contributed by atoms with Gasteiger partial charge in [-0.1, -0.05) is 6.08 Å². The molecule has 7 nitrogen and oxygen atoms in total. The Hall–Kier alpha value is -0.990. The zero-order chi connectivity index (χ0) is 15.6. The van der Waals surface area contributed by atoms with Crippen molar-refractivity contribution in [2.75, 3.05) is 13.2 Å². The molecule has 2 N–H and O–H groups in total. The first-order chi connectivity index (χ1) is 9.84. The van der Waals surface area contributed by atoms with Gasteiger partial charge in [0.05, 0.1) is 13.2 Å². The summed E-state index contributed by atoms with van der Waals surface area (Å²) in [5.41, 5.74) is 0. The van der Waals surface area contributed by atoms with Crippen LogP contribution in [0, 0.1) is 0 Å². The first kappa shape index (κ1) is 16.4. The molecule has 21 heavy (non-hydrogen) atoms. The summed E-state index contributed by atoms with van der Waals surface area (Å²) in [6.45, 7) is 9.01. The minimum atomic E-state index is -0.953. The number of rotatable bonds is 4. The van der Waals surface area contributed by atoms with Crippen molar-refractivity contribution < 1.29 is 28.8 Å². The van der Waals surface area contributed by atoms with Crippen LogP contribution in [0.1, 0.15) is 20.8 Å². The molecule has 2 aliphatic rings. The van der Waals surface area contributed by atoms with Crippen molar-refractivity contribution in [3.05, 3.63) is 12.7 Å². The number of hydrogen-bond acceptors (Lipinski definition) is 6. The predicted molar refractivity (Wildman–Crippen MR) is 73.3 cm³/mol. The van der Waals surface area contributed by atoms with E-state index < -0.39 is 36.4 Å². The fourth-order valence-electron chi connectivity index (χ4n) is 2.54. The molecule has 0 radical (unpaired) electrons. The molecule has 0 bridgehead atoms. The van der Waals surface area contributed by atoms with Crippen LogP contribution in [-0.2, 0) is 23.7 Å². The van der Waals surface area contributed by atoms with Crippen LogP contribution in [-0.4, -0.2) is 60.7 Å². The van der Waals surface area contributed by atoms with Crippen LogP contribution in [0.4, 0.5) is 0 Å². The molecule has 120 valence electrons. The highest BCUT2D eigenvalue weighted by Crippen LogP contribution is 2.32. The van der Waals surface area contributed by atoms with Gasteiger partial charge in [-0.05, 0) is 13.8 Å². The van der Waals surface area contributed by atoms with Gasteiger partial charge >= 0.3 is 0 Å². The molecular formula is C14H23NO6. The maximum atomic E-state index is 11.3. The van der Waals surface area contributed by atoms with E-state index in [1.165, 1.54) is 6.92 Å². The van der Waals surface area contributed by atoms with Gasteiger partial charge in [-0.3, -0.25) is 4.79 Å². The second kappa shape index (κ2) is 6.41. The molecule has 2 aliphatic heterocycles. The van der Waals surface area contributed by atoms with Crippen LogP contribution in [0.15, 0.2) is 12.7 Å². The van der Waals surface area contributed by atoms with Crippen molar-refractivity contribution in [1.82, 2.24) is 5.32 Å². The number of aliphatic hydroxyl groups excluding tert-OH is 1. The molecule has 2 saturated heterocycles. The highest BCUT2D eigenvalue weighted by molar-refractivity contribution is 5.73. The Morgan fingerprint density at radius 2 is 2.29 bits per heavy atom. The summed E-state index contributed by atoms with van der Waals surface area (Å²) in [4.78, 5) is 11.3. The largest absolute Gasteiger partial charge is 0.388 e. The molecule has 0 aromatic rings. The van der Waals surface area contributed by atoms with Crippen LogP contribution in [0.5, 0.6) is 0 Å². The van der Waals surface area contributed by atoms with Crippen LogP contribution >= 0.6 is 0 Å². The maximum absolute atomic E-state index is 11.3. The number of nitrogens with one attached hydrogen (secondary N) is 1. The maximum Gasteiger partial charge on any atom is 0.217 e. The SMILES string of the molecule is C=CCO[C@H]1O[C@@H]2COC(C)(C)O[C@@H]2[C@H](O)[C@H]1NC(C)=O. The van der Waals surface area contributed by atoms with E-state index in [-0.39, 0.29) is 19.1 Å². The second-order valence-electron chi connectivity index (χ2n) is 5.68. The molecule has 2 fully saturated rings. The Morgan fingerprint density at radius 3 is 2.90 bits per heavy atom. The molecule has 0 aromatic heterocycles. The smallest absolute Gasteiger partial charge is 0.217 e. The lowest BCUT2D eigenvalue weighted by atomic mass is 9.95. The van der Waals surface area contributed by atoms with Gasteiger partial charge < -0.3 is 29.4 Å². The van der Waals surface area contributed by atoms with Crippen molar-refractivity contribution in [1.29, 1.82) is 0 Å². The van der Waals surface area contributed by atoms with Gasteiger partial charge in [0, 0.05) is 6.92 Å². The van der Waals surface area contributed by atoms with E-state index in [9.17, 15) is 9.90 Å². The predicted octanol–water partition coefficient (Wildman–Crippen LogP) is -0.0690. The fourth-order valence-corrected chi connectivity index (χ4v) is 2.54. The molecule has 0 spiro atoms. The number of amides is 1. The molecule has 0 unspecified atom stereocenters. The van der Waals surface area contributed by atoms with Gasteiger partial charge in [-0.2, -0.15) is 0 Å². The van der Waals surface area contributed by atoms with Crippen molar-refractivity contribution >= 4 is 5.91 Å². The molecule has 0 saturated carbocycles. The summed E-state index contributed by atoms with van der Waals surface area (Å²) in [5, 5.41) is 13.2. The normalized spacial score (nSPS) is 38.4. The Morgan fingerprint density at radius 1 is 1.57 bits per heavy atom. The number of aliphatic hydroxyl groups is 1. The lowest BCUT2D eigenvalue weighted by molar-refractivity contribution is -0.368. The minimum absolute atomic E-state index is 0.248. The summed E-state index contributed by atoms with van der Waals surface area (Å²) in [7, 11) is 0. The Bertz CT molecular complexity index is 399. The van der Waals surface area contributed by atoms with E-state index >= 15 is 0 Å². The minimum Gasteiger partial charge on any atom is -0.388 e. The summed E-state index contributed by atoms with van der Waals surface area (Å²) >= 11 is 0. The van der Waals surface area contributed by atoms with Gasteiger partial charge in [0.25, 0.3) is 0 Å². The highest BCUT2D eigenvalue weighted by Gasteiger charge is 2.51. The third kappa shape index (κ3) is 3.81. The van der Waals surface area contributed by atoms with Crippen molar-refractivity contribution in [3.8, 4) is 0 Å². The second-order valence-corrected chi connectivity index (χ2v) is 5.68. The highest BCUT2D eigenvalue weighted by atomic mass is 16.8. The van der Waals surface area contributed by atoms with Crippen molar-refractivity contribution in [2.24, 2.45) is 0 Å². The summed E-state index contributed by atoms with van der Waals surface area (Å²) < 4.78 is 22.5. The molecule has 5 atom stereocenters. The van der Waals surface area contributed by atoms with E-state index in [2.05, 4.69) is 11.9 Å². The van der Waals surface area contributed by atoms with Crippen LogP contribution in [0.2, 0.25) is 0 Å². The quantitative estimate of drug-likeness (QED) is 0.707. The zero-order valence-corrected chi connectivity index (χ0v) is 12.6. The summed E-state index contributed by atoms with van der Waals surface area (Å²) in [5.74, 6) is -1.08. The molecule has 7 heteroatoms. The molecular weight excluding hydrogens is 278 g/mol. The van der Waals surface area contributed by atoms with Gasteiger partial charge in [0.2, 0.25) is 5.91 Å². The van der Waals surface area contributed by atoms with E-state index in [1.807, 2.05) is 0 Å². The number of carbonyl (C=O) groups is 1. The van der Waals surface area contributed by atoms with E-state index in [4.69, 9.17) is 18.9 Å². The third-order valence-corrected chi connectivity index (χ3v) is 3.44. The lowest BCUT2D eigenvalue weighted by Crippen LogP contribution is -2.68. The molecule has 2 heterocycles. The van der Waals surface area contributed by atoms with Crippen molar-refractivity contribution in [2.45, 2.75) is 57.2 Å². The van der Waals surface area contributed by atoms with E-state index in [1.54, 1.807) is 19.9 Å². The first-order valence-corrected chi connectivity index (χ1v) is 6.99. The number of hydrogen-bond donors (Lipinski definition) is 2. The molecule has 0 aromatic carbocycles. The third-order valence-electron chi connectivity index (χ3n) is 3.44. The topological polar surface area (TPSA) is 86.2 Å². The van der Waals surface area contributed by atoms with Crippen molar-refractivity contribution in [3.63, 3.8) is 0 Å². The van der Waals surface area contributed by atoms with Gasteiger partial charge in [-0.25, -0.2) is 0 Å². The Kier molecular flexibility index (Phi) is 5.00. The Balaban J connectivity index is 2.14. The number of fused-ring (bicyclic) bond motifs is 1. The lowest BCUT2D eigenvalue weighted by Gasteiger charge is -2.49. The van der Waals surface area contributed by atoms with Gasteiger partial charge in [0.15, 0.2) is 12.1 Å². The number of ether oxygens (including phenoxy) is 4. The van der Waals surface area contributed by atoms with Crippen LogP contribution < -0.4 is 5.32 Å². The van der Waals surface area contributed by atoms with Gasteiger partial charge in [0.1, 0.15) is 24.4 Å². The summed E-state index contributed by atoms with van der Waals surface area (Å²) in [6, 6.07) is -0.711. The first-order valence-electron chi connectivity index (χ1n) is 6.99.